The van der Waals surface area contributed by atoms with E-state index in [1.807, 2.05) is 0 Å². The highest BCUT2D eigenvalue weighted by atomic mass is 31.2. The second-order valence-electron chi connectivity index (χ2n) is 28.0. The van der Waals surface area contributed by atoms with Crippen LogP contribution in [0.5, 0.6) is 0 Å². The Morgan fingerprint density at radius 3 is 0.772 bits per heavy atom. The molecule has 0 aromatic rings. The van der Waals surface area contributed by atoms with E-state index in [-0.39, 0.29) is 25.7 Å². The minimum absolute atomic E-state index is 0.105. The summed E-state index contributed by atoms with van der Waals surface area (Å²) < 4.78 is 68.4. The molecule has 0 bridgehead atoms. The molecule has 546 valence electrons. The number of phosphoric ester groups is 2. The fourth-order valence-corrected chi connectivity index (χ4v) is 12.6. The third-order valence-corrected chi connectivity index (χ3v) is 19.1. The summed E-state index contributed by atoms with van der Waals surface area (Å²) in [5.41, 5.74) is 0. The molecule has 6 atom stereocenters. The van der Waals surface area contributed by atoms with Crippen molar-refractivity contribution < 1.29 is 80.2 Å². The maximum absolute atomic E-state index is 13.1. The summed E-state index contributed by atoms with van der Waals surface area (Å²) in [4.78, 5) is 72.7. The van der Waals surface area contributed by atoms with Crippen LogP contribution in [0, 0.1) is 23.7 Å². The Hall–Kier alpha value is -1.94. The lowest BCUT2D eigenvalue weighted by Crippen LogP contribution is -2.30. The standard InChI is InChI=1S/C73H142O17P2/c1-9-66(8)52-44-36-31-32-38-46-54-71(76)84-60-69(90-73(78)56-48-40-30-24-18-12-15-21-27-35-43-51-65(6)7)62-88-92(81,82)86-58-67(74)57-85-91(79,80)87-61-68(89-72(77)55-47-39-29-23-17-11-14-20-26-34-42-50-64(4)5)59-83-70(75)53-45-37-28-22-16-10-13-19-25-33-41-49-63(2)3/h63-69,74H,9-62H2,1-8H3,(H,79,80)(H,81,82)/t66?,67-,68-,69-/m1/s1. The minimum atomic E-state index is -4.96. The number of aliphatic hydroxyl groups is 1. The van der Waals surface area contributed by atoms with Crippen molar-refractivity contribution in [3.63, 3.8) is 0 Å². The van der Waals surface area contributed by atoms with Crippen molar-refractivity contribution in [2.45, 2.75) is 382 Å². The number of hydrogen-bond donors (Lipinski definition) is 3. The highest BCUT2D eigenvalue weighted by Crippen LogP contribution is 2.45. The predicted molar refractivity (Wildman–Crippen MR) is 372 cm³/mol. The zero-order valence-electron chi connectivity index (χ0n) is 60.2. The van der Waals surface area contributed by atoms with E-state index in [9.17, 15) is 43.2 Å². The first-order chi connectivity index (χ1) is 44.1. The van der Waals surface area contributed by atoms with Crippen LogP contribution in [-0.2, 0) is 65.4 Å². The second-order valence-corrected chi connectivity index (χ2v) is 30.9. The smallest absolute Gasteiger partial charge is 0.462 e. The van der Waals surface area contributed by atoms with Gasteiger partial charge < -0.3 is 33.8 Å². The lowest BCUT2D eigenvalue weighted by atomic mass is 10.00. The Kier molecular flexibility index (Phi) is 61.3. The quantitative estimate of drug-likeness (QED) is 0.0222. The molecule has 17 nitrogen and oxygen atoms in total. The van der Waals surface area contributed by atoms with Crippen molar-refractivity contribution in [2.24, 2.45) is 23.7 Å². The molecule has 0 aliphatic rings. The number of rotatable bonds is 70. The van der Waals surface area contributed by atoms with Gasteiger partial charge in [-0.2, -0.15) is 0 Å². The number of phosphoric acid groups is 2. The number of aliphatic hydroxyl groups excluding tert-OH is 1. The van der Waals surface area contributed by atoms with E-state index in [0.29, 0.717) is 25.7 Å². The van der Waals surface area contributed by atoms with Crippen LogP contribution in [0.1, 0.15) is 364 Å². The van der Waals surface area contributed by atoms with Gasteiger partial charge in [0.25, 0.3) is 0 Å². The number of ether oxygens (including phenoxy) is 4. The third kappa shape index (κ3) is 65.4. The molecule has 0 spiro atoms. The monoisotopic (exact) mass is 1350 g/mol. The molecular formula is C73H142O17P2. The van der Waals surface area contributed by atoms with E-state index in [2.05, 4.69) is 55.4 Å². The summed E-state index contributed by atoms with van der Waals surface area (Å²) in [5.74, 6) is 0.907. The van der Waals surface area contributed by atoms with Gasteiger partial charge in [-0.05, 0) is 49.4 Å². The van der Waals surface area contributed by atoms with Crippen molar-refractivity contribution in [2.75, 3.05) is 39.6 Å². The lowest BCUT2D eigenvalue weighted by Gasteiger charge is -2.21. The molecule has 0 rings (SSSR count). The fraction of sp³-hybridized carbons (Fsp3) is 0.945. The van der Waals surface area contributed by atoms with Crippen LogP contribution in [0.25, 0.3) is 0 Å². The van der Waals surface area contributed by atoms with Gasteiger partial charge in [-0.15, -0.1) is 0 Å². The Bertz CT molecular complexity index is 1820. The molecule has 3 unspecified atom stereocenters. The summed E-state index contributed by atoms with van der Waals surface area (Å²) in [6, 6.07) is 0. The van der Waals surface area contributed by atoms with Crippen LogP contribution in [-0.4, -0.2) is 96.7 Å². The van der Waals surface area contributed by atoms with Gasteiger partial charge >= 0.3 is 39.5 Å². The lowest BCUT2D eigenvalue weighted by molar-refractivity contribution is -0.161. The Labute approximate surface area is 562 Å². The van der Waals surface area contributed by atoms with E-state index < -0.39 is 97.5 Å². The zero-order chi connectivity index (χ0) is 68.2. The molecule has 92 heavy (non-hydrogen) atoms. The van der Waals surface area contributed by atoms with Crippen molar-refractivity contribution in [3.05, 3.63) is 0 Å². The highest BCUT2D eigenvalue weighted by Gasteiger charge is 2.30. The van der Waals surface area contributed by atoms with Crippen LogP contribution >= 0.6 is 15.6 Å². The Morgan fingerprint density at radius 1 is 0.304 bits per heavy atom. The predicted octanol–water partition coefficient (Wildman–Crippen LogP) is 20.9. The minimum Gasteiger partial charge on any atom is -0.462 e. The Morgan fingerprint density at radius 2 is 0.522 bits per heavy atom. The van der Waals surface area contributed by atoms with E-state index in [1.165, 1.54) is 161 Å². The maximum atomic E-state index is 13.1. The SMILES string of the molecule is CCC(C)CCCCCCCCC(=O)OC[C@H](COP(=O)(O)OC[C@H](O)COP(=O)(O)OC[C@@H](COC(=O)CCCCCCCCCCCCCC(C)C)OC(=O)CCCCCCCCCCCCCC(C)C)OC(=O)CCCCCCCCCCCCCC(C)C. The van der Waals surface area contributed by atoms with Crippen molar-refractivity contribution in [3.8, 4) is 0 Å². The van der Waals surface area contributed by atoms with Gasteiger partial charge in [0.05, 0.1) is 26.4 Å². The molecule has 0 aliphatic carbocycles. The summed E-state index contributed by atoms with van der Waals surface area (Å²) >= 11 is 0. The summed E-state index contributed by atoms with van der Waals surface area (Å²) in [6.07, 6.45) is 45.7. The van der Waals surface area contributed by atoms with Crippen molar-refractivity contribution in [1.82, 2.24) is 0 Å². The third-order valence-electron chi connectivity index (χ3n) is 17.2. The van der Waals surface area contributed by atoms with Gasteiger partial charge in [-0.1, -0.05) is 312 Å². The van der Waals surface area contributed by atoms with Gasteiger partial charge in [0.2, 0.25) is 0 Å². The first-order valence-electron chi connectivity index (χ1n) is 37.7. The first-order valence-corrected chi connectivity index (χ1v) is 40.7. The molecule has 0 radical (unpaired) electrons. The molecule has 19 heteroatoms. The normalized spacial score (nSPS) is 14.5. The van der Waals surface area contributed by atoms with Gasteiger partial charge in [-0.25, -0.2) is 9.13 Å². The summed E-state index contributed by atoms with van der Waals surface area (Å²) in [5, 5.41) is 10.6. The molecule has 0 aliphatic heterocycles. The maximum Gasteiger partial charge on any atom is 0.472 e. The van der Waals surface area contributed by atoms with Crippen molar-refractivity contribution in [1.29, 1.82) is 0 Å². The summed E-state index contributed by atoms with van der Waals surface area (Å²) in [6.45, 7) is 14.1. The highest BCUT2D eigenvalue weighted by molar-refractivity contribution is 7.47. The van der Waals surface area contributed by atoms with Crippen LogP contribution in [0.2, 0.25) is 0 Å². The van der Waals surface area contributed by atoms with Gasteiger partial charge in [0.15, 0.2) is 12.2 Å². The number of carbonyl (C=O) groups is 4. The topological polar surface area (TPSA) is 237 Å². The zero-order valence-corrected chi connectivity index (χ0v) is 62.0. The second kappa shape index (κ2) is 62.6. The molecule has 0 aromatic heterocycles. The van der Waals surface area contributed by atoms with Gasteiger partial charge in [0.1, 0.15) is 19.3 Å². The molecule has 0 saturated carbocycles. The largest absolute Gasteiger partial charge is 0.472 e. The number of hydrogen-bond acceptors (Lipinski definition) is 15. The van der Waals surface area contributed by atoms with E-state index in [4.69, 9.17) is 37.0 Å². The molecule has 0 saturated heterocycles. The average Bonchev–Trinajstić information content (AvgIpc) is 2.35. The van der Waals surface area contributed by atoms with Gasteiger partial charge in [0, 0.05) is 25.7 Å². The van der Waals surface area contributed by atoms with Crippen LogP contribution < -0.4 is 0 Å². The first kappa shape index (κ1) is 90.1. The fourth-order valence-electron chi connectivity index (χ4n) is 11.0. The van der Waals surface area contributed by atoms with Crippen LogP contribution in [0.3, 0.4) is 0 Å². The van der Waals surface area contributed by atoms with Crippen LogP contribution in [0.15, 0.2) is 0 Å². The molecular weight excluding hydrogens is 1210 g/mol. The average molecular weight is 1350 g/mol. The molecule has 0 heterocycles. The van der Waals surface area contributed by atoms with E-state index in [1.54, 1.807) is 0 Å². The van der Waals surface area contributed by atoms with Crippen LogP contribution in [0.4, 0.5) is 0 Å². The van der Waals surface area contributed by atoms with E-state index in [0.717, 1.165) is 120 Å². The number of carbonyl (C=O) groups excluding carboxylic acids is 4. The molecule has 0 aromatic carbocycles. The van der Waals surface area contributed by atoms with Gasteiger partial charge in [-0.3, -0.25) is 37.3 Å². The Balaban J connectivity index is 5.27. The molecule has 0 fully saturated rings. The van der Waals surface area contributed by atoms with Crippen molar-refractivity contribution >= 4 is 39.5 Å². The summed E-state index contributed by atoms with van der Waals surface area (Å²) in [7, 11) is -9.91. The number of esters is 4. The molecule has 0 amide bonds. The number of unbranched alkanes of at least 4 members (excludes halogenated alkanes) is 35. The molecule has 3 N–H and O–H groups in total. The van der Waals surface area contributed by atoms with E-state index >= 15 is 0 Å².